The molecule has 2 atom stereocenters. The Morgan fingerprint density at radius 2 is 1.57 bits per heavy atom. The van der Waals surface area contributed by atoms with E-state index in [0.29, 0.717) is 0 Å². The molecule has 0 spiro atoms. The van der Waals surface area contributed by atoms with Crippen molar-refractivity contribution in [2.24, 2.45) is 0 Å². The Morgan fingerprint density at radius 1 is 1.04 bits per heavy atom. The Hall–Kier alpha value is -1.91. The van der Waals surface area contributed by atoms with E-state index in [1.807, 2.05) is 6.92 Å². The fraction of sp³-hybridized carbons (Fsp3) is 0.556. The molecule has 0 fully saturated rings. The molecular weight excluding hydrogens is 299 g/mol. The Bertz CT molecular complexity index is 531. The summed E-state index contributed by atoms with van der Waals surface area (Å²) in [6, 6.07) is 6.10. The van der Waals surface area contributed by atoms with Gasteiger partial charge in [-0.25, -0.2) is 4.39 Å². The van der Waals surface area contributed by atoms with Gasteiger partial charge in [0.1, 0.15) is 17.5 Å². The summed E-state index contributed by atoms with van der Waals surface area (Å²) >= 11 is 0. The SMILES string of the molecule is C[C@H](c1ccc(F)cc1)[C@@H](C)OC(=O)CCC(=O)OC(C)(C)C. The smallest absolute Gasteiger partial charge is 0.306 e. The fourth-order valence-corrected chi connectivity index (χ4v) is 2.00. The second-order valence-corrected chi connectivity index (χ2v) is 6.62. The minimum absolute atomic E-state index is 0.00620. The summed E-state index contributed by atoms with van der Waals surface area (Å²) in [4.78, 5) is 23.4. The minimum Gasteiger partial charge on any atom is -0.462 e. The van der Waals surface area contributed by atoms with Gasteiger partial charge in [-0.2, -0.15) is 0 Å². The normalized spacial score (nSPS) is 14.0. The van der Waals surface area contributed by atoms with E-state index < -0.39 is 17.5 Å². The van der Waals surface area contributed by atoms with Crippen LogP contribution in [0.2, 0.25) is 0 Å². The molecule has 1 aromatic carbocycles. The van der Waals surface area contributed by atoms with Crippen molar-refractivity contribution in [3.8, 4) is 0 Å². The van der Waals surface area contributed by atoms with E-state index in [4.69, 9.17) is 9.47 Å². The van der Waals surface area contributed by atoms with Crippen LogP contribution in [-0.2, 0) is 19.1 Å². The first kappa shape index (κ1) is 19.1. The van der Waals surface area contributed by atoms with E-state index in [1.165, 1.54) is 12.1 Å². The molecular formula is C18H25FO4. The Balaban J connectivity index is 2.44. The number of carbonyl (C=O) groups is 2. The summed E-state index contributed by atoms with van der Waals surface area (Å²) in [7, 11) is 0. The number of rotatable bonds is 6. The Labute approximate surface area is 137 Å². The van der Waals surface area contributed by atoms with E-state index in [1.54, 1.807) is 39.8 Å². The van der Waals surface area contributed by atoms with Crippen molar-refractivity contribution in [3.63, 3.8) is 0 Å². The molecule has 0 radical (unpaired) electrons. The first-order valence-corrected chi connectivity index (χ1v) is 7.75. The van der Waals surface area contributed by atoms with E-state index >= 15 is 0 Å². The third-order valence-electron chi connectivity index (χ3n) is 3.37. The van der Waals surface area contributed by atoms with Gasteiger partial charge in [0.25, 0.3) is 0 Å². The van der Waals surface area contributed by atoms with Gasteiger partial charge in [0.2, 0.25) is 0 Å². The Kier molecular flexibility index (Phi) is 6.73. The number of halogens is 1. The molecule has 0 unspecified atom stereocenters. The zero-order valence-electron chi connectivity index (χ0n) is 14.4. The molecule has 0 saturated carbocycles. The average Bonchev–Trinajstić information content (AvgIpc) is 2.43. The highest BCUT2D eigenvalue weighted by Crippen LogP contribution is 2.22. The number of benzene rings is 1. The number of carbonyl (C=O) groups excluding carboxylic acids is 2. The third-order valence-corrected chi connectivity index (χ3v) is 3.37. The predicted molar refractivity (Wildman–Crippen MR) is 85.4 cm³/mol. The molecule has 0 aliphatic rings. The third kappa shape index (κ3) is 7.26. The average molecular weight is 324 g/mol. The summed E-state index contributed by atoms with van der Waals surface area (Å²) in [6.07, 6.45) is -0.394. The second-order valence-electron chi connectivity index (χ2n) is 6.62. The molecule has 0 saturated heterocycles. The van der Waals surface area contributed by atoms with Crippen LogP contribution in [0.15, 0.2) is 24.3 Å². The van der Waals surface area contributed by atoms with E-state index in [9.17, 15) is 14.0 Å². The zero-order valence-corrected chi connectivity index (χ0v) is 14.4. The highest BCUT2D eigenvalue weighted by molar-refractivity contribution is 5.78. The van der Waals surface area contributed by atoms with Crippen molar-refractivity contribution in [2.75, 3.05) is 0 Å². The number of hydrogen-bond donors (Lipinski definition) is 0. The van der Waals surface area contributed by atoms with Gasteiger partial charge in [0.05, 0.1) is 12.8 Å². The highest BCUT2D eigenvalue weighted by atomic mass is 19.1. The van der Waals surface area contributed by atoms with Gasteiger partial charge in [-0.15, -0.1) is 0 Å². The topological polar surface area (TPSA) is 52.6 Å². The van der Waals surface area contributed by atoms with Gasteiger partial charge in [0, 0.05) is 5.92 Å². The van der Waals surface area contributed by atoms with Crippen molar-refractivity contribution < 1.29 is 23.5 Å². The second kappa shape index (κ2) is 8.09. The summed E-state index contributed by atoms with van der Waals surface area (Å²) < 4.78 is 23.4. The lowest BCUT2D eigenvalue weighted by molar-refractivity contribution is -0.159. The molecule has 0 aliphatic heterocycles. The van der Waals surface area contributed by atoms with Crippen LogP contribution in [0.5, 0.6) is 0 Å². The summed E-state index contributed by atoms with van der Waals surface area (Å²) in [5.74, 6) is -1.24. The molecule has 1 rings (SSSR count). The standard InChI is InChI=1S/C18H25FO4/c1-12(14-6-8-15(19)9-7-14)13(2)22-16(20)10-11-17(21)23-18(3,4)5/h6-9,12-13H,10-11H2,1-5H3/t12-,13+/m0/s1. The van der Waals surface area contributed by atoms with Gasteiger partial charge in [0.15, 0.2) is 0 Å². The molecule has 128 valence electrons. The van der Waals surface area contributed by atoms with Crippen LogP contribution in [-0.4, -0.2) is 23.6 Å². The largest absolute Gasteiger partial charge is 0.462 e. The first-order chi connectivity index (χ1) is 10.6. The van der Waals surface area contributed by atoms with Crippen LogP contribution >= 0.6 is 0 Å². The summed E-state index contributed by atoms with van der Waals surface area (Å²) in [6.45, 7) is 9.00. The van der Waals surface area contributed by atoms with E-state index in [0.717, 1.165) is 5.56 Å². The van der Waals surface area contributed by atoms with Crippen LogP contribution in [0.25, 0.3) is 0 Å². The van der Waals surface area contributed by atoms with Crippen molar-refractivity contribution in [1.82, 2.24) is 0 Å². The van der Waals surface area contributed by atoms with Gasteiger partial charge in [-0.3, -0.25) is 9.59 Å². The van der Waals surface area contributed by atoms with E-state index in [2.05, 4.69) is 0 Å². The van der Waals surface area contributed by atoms with Crippen molar-refractivity contribution in [1.29, 1.82) is 0 Å². The van der Waals surface area contributed by atoms with Crippen LogP contribution < -0.4 is 0 Å². The van der Waals surface area contributed by atoms with Crippen molar-refractivity contribution >= 4 is 11.9 Å². The lowest BCUT2D eigenvalue weighted by Gasteiger charge is -2.21. The Morgan fingerprint density at radius 3 is 2.09 bits per heavy atom. The maximum atomic E-state index is 12.9. The molecule has 0 bridgehead atoms. The molecule has 0 N–H and O–H groups in total. The van der Waals surface area contributed by atoms with Gasteiger partial charge < -0.3 is 9.47 Å². The maximum absolute atomic E-state index is 12.9. The number of ether oxygens (including phenoxy) is 2. The molecule has 0 aromatic heterocycles. The molecule has 0 amide bonds. The predicted octanol–water partition coefficient (Wildman–Crippen LogP) is 3.98. The van der Waals surface area contributed by atoms with Gasteiger partial charge in [-0.1, -0.05) is 19.1 Å². The molecule has 1 aromatic rings. The van der Waals surface area contributed by atoms with Gasteiger partial charge >= 0.3 is 11.9 Å². The van der Waals surface area contributed by atoms with Crippen LogP contribution in [0.3, 0.4) is 0 Å². The molecule has 0 aliphatic carbocycles. The van der Waals surface area contributed by atoms with Gasteiger partial charge in [-0.05, 0) is 45.4 Å². The first-order valence-electron chi connectivity index (χ1n) is 7.75. The van der Waals surface area contributed by atoms with Crippen LogP contribution in [0.4, 0.5) is 4.39 Å². The van der Waals surface area contributed by atoms with Crippen molar-refractivity contribution in [3.05, 3.63) is 35.6 Å². The lowest BCUT2D eigenvalue weighted by atomic mass is 9.96. The molecule has 23 heavy (non-hydrogen) atoms. The number of hydrogen-bond acceptors (Lipinski definition) is 4. The molecule has 4 nitrogen and oxygen atoms in total. The quantitative estimate of drug-likeness (QED) is 0.743. The number of esters is 2. The van der Waals surface area contributed by atoms with Crippen molar-refractivity contribution in [2.45, 2.75) is 65.1 Å². The lowest BCUT2D eigenvalue weighted by Crippen LogP contribution is -2.25. The fourth-order valence-electron chi connectivity index (χ4n) is 2.00. The minimum atomic E-state index is -0.564. The summed E-state index contributed by atoms with van der Waals surface area (Å²) in [5.41, 5.74) is 0.324. The zero-order chi connectivity index (χ0) is 17.6. The highest BCUT2D eigenvalue weighted by Gasteiger charge is 2.21. The van der Waals surface area contributed by atoms with Crippen LogP contribution in [0.1, 0.15) is 58.9 Å². The maximum Gasteiger partial charge on any atom is 0.306 e. The van der Waals surface area contributed by atoms with E-state index in [-0.39, 0.29) is 30.7 Å². The summed E-state index contributed by atoms with van der Waals surface area (Å²) in [5, 5.41) is 0. The molecule has 0 heterocycles. The monoisotopic (exact) mass is 324 g/mol. The molecule has 5 heteroatoms. The van der Waals surface area contributed by atoms with Crippen LogP contribution in [0, 0.1) is 5.82 Å².